The number of benzene rings is 1. The summed E-state index contributed by atoms with van der Waals surface area (Å²) >= 11 is 0. The molecule has 1 aromatic rings. The molecule has 21 heavy (non-hydrogen) atoms. The van der Waals surface area contributed by atoms with E-state index in [1.54, 1.807) is 12.1 Å². The van der Waals surface area contributed by atoms with Gasteiger partial charge in [-0.05, 0) is 42.4 Å². The van der Waals surface area contributed by atoms with E-state index in [0.29, 0.717) is 25.1 Å². The lowest BCUT2D eigenvalue weighted by molar-refractivity contribution is 0.0907. The van der Waals surface area contributed by atoms with Crippen LogP contribution in [-0.4, -0.2) is 24.2 Å². The maximum Gasteiger partial charge on any atom is 0.251 e. The van der Waals surface area contributed by atoms with Crippen LogP contribution in [0, 0.1) is 5.41 Å². The summed E-state index contributed by atoms with van der Waals surface area (Å²) in [5, 5.41) is 12.2. The lowest BCUT2D eigenvalue weighted by Gasteiger charge is -2.31. The average Bonchev–Trinajstić information content (AvgIpc) is 2.51. The lowest BCUT2D eigenvalue weighted by Crippen LogP contribution is -2.37. The summed E-state index contributed by atoms with van der Waals surface area (Å²) in [7, 11) is 0. The van der Waals surface area contributed by atoms with Crippen LogP contribution in [0.15, 0.2) is 24.3 Å². The molecule has 1 amide bonds. The molecule has 0 radical (unpaired) electrons. The Morgan fingerprint density at radius 2 is 1.81 bits per heavy atom. The fourth-order valence-corrected chi connectivity index (χ4v) is 2.34. The third-order valence-corrected chi connectivity index (χ3v) is 4.22. The lowest BCUT2D eigenvalue weighted by atomic mass is 9.79. The van der Waals surface area contributed by atoms with Crippen LogP contribution in [0.1, 0.15) is 49.0 Å². The van der Waals surface area contributed by atoms with E-state index in [-0.39, 0.29) is 30.3 Å². The van der Waals surface area contributed by atoms with Gasteiger partial charge in [0.1, 0.15) is 0 Å². The molecule has 4 N–H and O–H groups in total. The first-order valence-electron chi connectivity index (χ1n) is 7.29. The largest absolute Gasteiger partial charge is 0.396 e. The van der Waals surface area contributed by atoms with Crippen molar-refractivity contribution in [1.29, 1.82) is 0 Å². The number of hydrogen-bond donors (Lipinski definition) is 3. The van der Waals surface area contributed by atoms with Crippen LogP contribution >= 0.6 is 12.4 Å². The highest BCUT2D eigenvalue weighted by Gasteiger charge is 2.26. The van der Waals surface area contributed by atoms with E-state index in [2.05, 4.69) is 19.2 Å². The van der Waals surface area contributed by atoms with Gasteiger partial charge in [-0.25, -0.2) is 0 Å². The summed E-state index contributed by atoms with van der Waals surface area (Å²) in [6.45, 7) is 5.43. The highest BCUT2D eigenvalue weighted by Crippen LogP contribution is 2.29. The van der Waals surface area contributed by atoms with Crippen molar-refractivity contribution in [3.05, 3.63) is 35.4 Å². The second-order valence-corrected chi connectivity index (χ2v) is 5.26. The quantitative estimate of drug-likeness (QED) is 0.690. The van der Waals surface area contributed by atoms with Crippen LogP contribution < -0.4 is 11.1 Å². The molecule has 0 spiro atoms. The molecule has 0 unspecified atom stereocenters. The standard InChI is InChI=1S/C16H26N2O2.ClH/c1-3-16(4-2,9-10-19)12-18-15(20)14-7-5-13(11-17)6-8-14;/h5-8,19H,3-4,9-12,17H2,1-2H3,(H,18,20);1H. The Kier molecular flexibility index (Phi) is 9.26. The van der Waals surface area contributed by atoms with Gasteiger partial charge in [0.25, 0.3) is 5.91 Å². The van der Waals surface area contributed by atoms with Gasteiger partial charge < -0.3 is 16.2 Å². The first kappa shape index (κ1) is 19.9. The van der Waals surface area contributed by atoms with Crippen LogP contribution in [0.3, 0.4) is 0 Å². The van der Waals surface area contributed by atoms with Crippen molar-refractivity contribution in [2.75, 3.05) is 13.2 Å². The Morgan fingerprint density at radius 3 is 2.24 bits per heavy atom. The minimum absolute atomic E-state index is 0. The first-order valence-corrected chi connectivity index (χ1v) is 7.29. The van der Waals surface area contributed by atoms with E-state index in [9.17, 15) is 9.90 Å². The van der Waals surface area contributed by atoms with Crippen LogP contribution in [0.5, 0.6) is 0 Å². The van der Waals surface area contributed by atoms with Crippen molar-refractivity contribution in [2.24, 2.45) is 11.1 Å². The zero-order valence-corrected chi connectivity index (χ0v) is 13.7. The molecule has 0 aliphatic carbocycles. The highest BCUT2D eigenvalue weighted by molar-refractivity contribution is 5.94. The van der Waals surface area contributed by atoms with Gasteiger partial charge in [-0.15, -0.1) is 12.4 Å². The second-order valence-electron chi connectivity index (χ2n) is 5.26. The number of aliphatic hydroxyl groups is 1. The van der Waals surface area contributed by atoms with Crippen molar-refractivity contribution in [2.45, 2.75) is 39.7 Å². The SMILES string of the molecule is CCC(CC)(CCO)CNC(=O)c1ccc(CN)cc1.Cl. The van der Waals surface area contributed by atoms with E-state index in [0.717, 1.165) is 18.4 Å². The van der Waals surface area contributed by atoms with Crippen molar-refractivity contribution in [3.8, 4) is 0 Å². The summed E-state index contributed by atoms with van der Waals surface area (Å²) in [4.78, 5) is 12.1. The fraction of sp³-hybridized carbons (Fsp3) is 0.562. The molecule has 0 heterocycles. The summed E-state index contributed by atoms with van der Waals surface area (Å²) in [6, 6.07) is 7.33. The third kappa shape index (κ3) is 5.65. The zero-order valence-electron chi connectivity index (χ0n) is 12.9. The Bertz CT molecular complexity index is 417. The van der Waals surface area contributed by atoms with Crippen LogP contribution in [0.2, 0.25) is 0 Å². The van der Waals surface area contributed by atoms with E-state index < -0.39 is 0 Å². The predicted molar refractivity (Wildman–Crippen MR) is 88.6 cm³/mol. The van der Waals surface area contributed by atoms with Gasteiger partial charge in [0.15, 0.2) is 0 Å². The fourth-order valence-electron chi connectivity index (χ4n) is 2.34. The third-order valence-electron chi connectivity index (χ3n) is 4.22. The predicted octanol–water partition coefficient (Wildman–Crippen LogP) is 2.49. The van der Waals surface area contributed by atoms with E-state index in [1.807, 2.05) is 12.1 Å². The number of carbonyl (C=O) groups is 1. The number of rotatable bonds is 8. The van der Waals surface area contributed by atoms with Gasteiger partial charge in [0, 0.05) is 25.3 Å². The summed E-state index contributed by atoms with van der Waals surface area (Å²) < 4.78 is 0. The zero-order chi connectivity index (χ0) is 15.0. The van der Waals surface area contributed by atoms with Crippen molar-refractivity contribution >= 4 is 18.3 Å². The van der Waals surface area contributed by atoms with Crippen LogP contribution in [0.25, 0.3) is 0 Å². The Labute approximate surface area is 133 Å². The second kappa shape index (κ2) is 9.77. The van der Waals surface area contributed by atoms with Crippen molar-refractivity contribution in [3.63, 3.8) is 0 Å². The average molecular weight is 315 g/mol. The molecule has 0 aromatic heterocycles. The van der Waals surface area contributed by atoms with Gasteiger partial charge in [0.2, 0.25) is 0 Å². The minimum atomic E-state index is -0.0715. The smallest absolute Gasteiger partial charge is 0.251 e. The minimum Gasteiger partial charge on any atom is -0.396 e. The topological polar surface area (TPSA) is 75.3 Å². The van der Waals surface area contributed by atoms with Crippen LogP contribution in [0.4, 0.5) is 0 Å². The Hall–Kier alpha value is -1.10. The summed E-state index contributed by atoms with van der Waals surface area (Å²) in [5.74, 6) is -0.0715. The van der Waals surface area contributed by atoms with Crippen molar-refractivity contribution < 1.29 is 9.90 Å². The maximum absolute atomic E-state index is 12.1. The molecule has 4 nitrogen and oxygen atoms in total. The molecule has 0 aliphatic rings. The van der Waals surface area contributed by atoms with E-state index in [1.165, 1.54) is 0 Å². The Balaban J connectivity index is 0.00000400. The monoisotopic (exact) mass is 314 g/mol. The number of halogens is 1. The molecule has 0 saturated carbocycles. The highest BCUT2D eigenvalue weighted by atomic mass is 35.5. The molecule has 1 rings (SSSR count). The number of nitrogens with two attached hydrogens (primary N) is 1. The summed E-state index contributed by atoms with van der Waals surface area (Å²) in [5.41, 5.74) is 7.18. The van der Waals surface area contributed by atoms with Gasteiger partial charge in [-0.3, -0.25) is 4.79 Å². The molecule has 1 aromatic carbocycles. The normalized spacial score (nSPS) is 10.9. The molecular formula is C16H27ClN2O2. The number of amides is 1. The number of carbonyl (C=O) groups excluding carboxylic acids is 1. The molecule has 5 heteroatoms. The number of nitrogens with one attached hydrogen (secondary N) is 1. The van der Waals surface area contributed by atoms with Crippen LogP contribution in [-0.2, 0) is 6.54 Å². The molecule has 120 valence electrons. The molecule has 0 fully saturated rings. The summed E-state index contributed by atoms with van der Waals surface area (Å²) in [6.07, 6.45) is 2.60. The number of hydrogen-bond acceptors (Lipinski definition) is 3. The molecule has 0 saturated heterocycles. The van der Waals surface area contributed by atoms with E-state index >= 15 is 0 Å². The molecule has 0 aliphatic heterocycles. The van der Waals surface area contributed by atoms with Gasteiger partial charge >= 0.3 is 0 Å². The first-order chi connectivity index (χ1) is 9.60. The van der Waals surface area contributed by atoms with Gasteiger partial charge in [-0.1, -0.05) is 26.0 Å². The Morgan fingerprint density at radius 1 is 1.24 bits per heavy atom. The van der Waals surface area contributed by atoms with Gasteiger partial charge in [0.05, 0.1) is 0 Å². The maximum atomic E-state index is 12.1. The van der Waals surface area contributed by atoms with E-state index in [4.69, 9.17) is 5.73 Å². The van der Waals surface area contributed by atoms with Crippen molar-refractivity contribution in [1.82, 2.24) is 5.32 Å². The molecule has 0 atom stereocenters. The number of aliphatic hydroxyl groups excluding tert-OH is 1. The molecular weight excluding hydrogens is 288 g/mol. The molecule has 0 bridgehead atoms. The van der Waals surface area contributed by atoms with Gasteiger partial charge in [-0.2, -0.15) is 0 Å².